The van der Waals surface area contributed by atoms with Gasteiger partial charge in [-0.15, -0.1) is 11.3 Å². The van der Waals surface area contributed by atoms with Gasteiger partial charge in [0.2, 0.25) is 0 Å². The Labute approximate surface area is 149 Å². The van der Waals surface area contributed by atoms with E-state index in [1.807, 2.05) is 35.7 Å². The highest BCUT2D eigenvalue weighted by Crippen LogP contribution is 2.18. The molecule has 0 saturated carbocycles. The summed E-state index contributed by atoms with van der Waals surface area (Å²) in [5, 5.41) is 7.50. The molecule has 4 N–H and O–H groups in total. The van der Waals surface area contributed by atoms with Gasteiger partial charge >= 0.3 is 0 Å². The molecule has 126 valence electrons. The average Bonchev–Trinajstić information content (AvgIpc) is 3.17. The Balaban J connectivity index is 1.59. The predicted molar refractivity (Wildman–Crippen MR) is 101 cm³/mol. The summed E-state index contributed by atoms with van der Waals surface area (Å²) in [5.74, 6) is -0.330. The van der Waals surface area contributed by atoms with Gasteiger partial charge in [0, 0.05) is 12.1 Å². The molecule has 0 radical (unpaired) electrons. The number of hydrogen-bond acceptors (Lipinski definition) is 4. The van der Waals surface area contributed by atoms with E-state index in [1.165, 1.54) is 11.3 Å². The molecule has 0 saturated heterocycles. The molecule has 6 heteroatoms. The van der Waals surface area contributed by atoms with Crippen LogP contribution >= 0.6 is 11.3 Å². The Morgan fingerprint density at radius 3 is 2.36 bits per heavy atom. The third-order valence-electron chi connectivity index (χ3n) is 3.62. The number of thiophene rings is 1. The quantitative estimate of drug-likeness (QED) is 0.615. The Hall–Kier alpha value is -3.12. The number of nitrogens with one attached hydrogen (secondary N) is 2. The van der Waals surface area contributed by atoms with Crippen LogP contribution in [0.15, 0.2) is 66.0 Å². The van der Waals surface area contributed by atoms with Crippen LogP contribution in [0.3, 0.4) is 0 Å². The number of amides is 2. The van der Waals surface area contributed by atoms with Crippen LogP contribution in [0.5, 0.6) is 0 Å². The predicted octanol–water partition coefficient (Wildman–Crippen LogP) is 3.51. The maximum Gasteiger partial charge on any atom is 0.261 e. The van der Waals surface area contributed by atoms with E-state index >= 15 is 0 Å². The number of nitrogen functional groups attached to an aromatic ring is 1. The van der Waals surface area contributed by atoms with Crippen molar-refractivity contribution in [3.05, 3.63) is 82.0 Å². The molecule has 5 nitrogen and oxygen atoms in total. The molecule has 0 fully saturated rings. The van der Waals surface area contributed by atoms with Crippen LogP contribution in [-0.2, 0) is 6.54 Å². The number of benzene rings is 2. The molecule has 2 amide bonds. The topological polar surface area (TPSA) is 84.2 Å². The lowest BCUT2D eigenvalue weighted by molar-refractivity contribution is 0.0953. The third kappa shape index (κ3) is 4.24. The van der Waals surface area contributed by atoms with E-state index in [2.05, 4.69) is 10.6 Å². The zero-order valence-corrected chi connectivity index (χ0v) is 14.2. The van der Waals surface area contributed by atoms with Crippen LogP contribution in [0.1, 0.15) is 25.6 Å². The fraction of sp³-hybridized carbons (Fsp3) is 0.0526. The third-order valence-corrected chi connectivity index (χ3v) is 4.49. The first-order valence-corrected chi connectivity index (χ1v) is 8.58. The number of para-hydroxylation sites is 2. The van der Waals surface area contributed by atoms with Gasteiger partial charge in [-0.25, -0.2) is 0 Å². The Morgan fingerprint density at radius 2 is 1.68 bits per heavy atom. The molecular weight excluding hydrogens is 334 g/mol. The Kier molecular flexibility index (Phi) is 5.11. The molecule has 0 aliphatic carbocycles. The molecule has 1 heterocycles. The molecule has 0 aliphatic rings. The molecule has 0 aliphatic heterocycles. The zero-order chi connectivity index (χ0) is 17.6. The van der Waals surface area contributed by atoms with Gasteiger partial charge in [0.15, 0.2) is 0 Å². The standard InChI is InChI=1S/C19H17N3O2S/c20-15-4-1-2-5-16(15)22-18(23)14-9-7-13(8-10-14)12-21-19(24)17-6-3-11-25-17/h1-11H,12,20H2,(H,21,24)(H,22,23). The van der Waals surface area contributed by atoms with Crippen molar-refractivity contribution < 1.29 is 9.59 Å². The number of anilines is 2. The van der Waals surface area contributed by atoms with Crippen molar-refractivity contribution in [1.82, 2.24) is 5.32 Å². The second kappa shape index (κ2) is 7.63. The molecule has 25 heavy (non-hydrogen) atoms. The van der Waals surface area contributed by atoms with E-state index in [0.29, 0.717) is 28.4 Å². The highest BCUT2D eigenvalue weighted by molar-refractivity contribution is 7.12. The number of rotatable bonds is 5. The summed E-state index contributed by atoms with van der Waals surface area (Å²) in [5.41, 5.74) is 8.37. The summed E-state index contributed by atoms with van der Waals surface area (Å²) in [7, 11) is 0. The summed E-state index contributed by atoms with van der Waals surface area (Å²) < 4.78 is 0. The lowest BCUT2D eigenvalue weighted by atomic mass is 10.1. The second-order valence-electron chi connectivity index (χ2n) is 5.40. The van der Waals surface area contributed by atoms with Gasteiger partial charge in [-0.3, -0.25) is 9.59 Å². The van der Waals surface area contributed by atoms with Gasteiger partial charge in [-0.05, 0) is 41.3 Å². The van der Waals surface area contributed by atoms with Gasteiger partial charge in [-0.1, -0.05) is 30.3 Å². The minimum atomic E-state index is -0.230. The minimum Gasteiger partial charge on any atom is -0.397 e. The number of carbonyl (C=O) groups excluding carboxylic acids is 2. The van der Waals surface area contributed by atoms with E-state index < -0.39 is 0 Å². The number of nitrogens with two attached hydrogens (primary N) is 1. The summed E-state index contributed by atoms with van der Waals surface area (Å²) in [4.78, 5) is 24.9. The average molecular weight is 351 g/mol. The van der Waals surface area contributed by atoms with Gasteiger partial charge in [0.1, 0.15) is 0 Å². The first-order valence-electron chi connectivity index (χ1n) is 7.70. The molecule has 0 unspecified atom stereocenters. The van der Waals surface area contributed by atoms with Gasteiger partial charge in [0.25, 0.3) is 11.8 Å². The molecule has 3 aromatic rings. The Bertz CT molecular complexity index is 874. The monoisotopic (exact) mass is 351 g/mol. The smallest absolute Gasteiger partial charge is 0.261 e. The van der Waals surface area contributed by atoms with E-state index in [1.54, 1.807) is 30.3 Å². The summed E-state index contributed by atoms with van der Waals surface area (Å²) in [6.45, 7) is 0.407. The van der Waals surface area contributed by atoms with Crippen LogP contribution in [-0.4, -0.2) is 11.8 Å². The Morgan fingerprint density at radius 1 is 0.920 bits per heavy atom. The highest BCUT2D eigenvalue weighted by Gasteiger charge is 2.09. The van der Waals surface area contributed by atoms with Crippen molar-refractivity contribution in [1.29, 1.82) is 0 Å². The highest BCUT2D eigenvalue weighted by atomic mass is 32.1. The lowest BCUT2D eigenvalue weighted by Gasteiger charge is -2.09. The molecule has 2 aromatic carbocycles. The molecule has 1 aromatic heterocycles. The van der Waals surface area contributed by atoms with Gasteiger partial charge in [0.05, 0.1) is 16.3 Å². The van der Waals surface area contributed by atoms with Gasteiger partial charge < -0.3 is 16.4 Å². The molecule has 0 atom stereocenters. The van der Waals surface area contributed by atoms with E-state index in [-0.39, 0.29) is 11.8 Å². The zero-order valence-electron chi connectivity index (χ0n) is 13.4. The van der Waals surface area contributed by atoms with Crippen LogP contribution < -0.4 is 16.4 Å². The SMILES string of the molecule is Nc1ccccc1NC(=O)c1ccc(CNC(=O)c2cccs2)cc1. The minimum absolute atomic E-state index is 0.101. The normalized spacial score (nSPS) is 10.2. The first kappa shape index (κ1) is 16.7. The molecular formula is C19H17N3O2S. The van der Waals surface area contributed by atoms with Crippen LogP contribution in [0.4, 0.5) is 11.4 Å². The first-order chi connectivity index (χ1) is 12.1. The van der Waals surface area contributed by atoms with E-state index in [0.717, 1.165) is 5.56 Å². The lowest BCUT2D eigenvalue weighted by Crippen LogP contribution is -2.21. The molecule has 0 spiro atoms. The summed E-state index contributed by atoms with van der Waals surface area (Å²) >= 11 is 1.40. The second-order valence-corrected chi connectivity index (χ2v) is 6.35. The number of hydrogen-bond donors (Lipinski definition) is 3. The van der Waals surface area contributed by atoms with Crippen LogP contribution in [0.2, 0.25) is 0 Å². The van der Waals surface area contributed by atoms with E-state index in [9.17, 15) is 9.59 Å². The van der Waals surface area contributed by atoms with Crippen molar-refractivity contribution in [2.75, 3.05) is 11.1 Å². The maximum absolute atomic E-state index is 12.3. The van der Waals surface area contributed by atoms with Gasteiger partial charge in [-0.2, -0.15) is 0 Å². The van der Waals surface area contributed by atoms with Crippen LogP contribution in [0.25, 0.3) is 0 Å². The molecule has 0 bridgehead atoms. The van der Waals surface area contributed by atoms with E-state index in [4.69, 9.17) is 5.73 Å². The van der Waals surface area contributed by atoms with Crippen molar-refractivity contribution in [2.24, 2.45) is 0 Å². The fourth-order valence-electron chi connectivity index (χ4n) is 2.26. The van der Waals surface area contributed by atoms with Crippen molar-refractivity contribution in [2.45, 2.75) is 6.54 Å². The van der Waals surface area contributed by atoms with Crippen molar-refractivity contribution in [3.63, 3.8) is 0 Å². The summed E-state index contributed by atoms with van der Waals surface area (Å²) in [6.07, 6.45) is 0. The number of carbonyl (C=O) groups is 2. The largest absolute Gasteiger partial charge is 0.397 e. The maximum atomic E-state index is 12.3. The molecule has 3 rings (SSSR count). The fourth-order valence-corrected chi connectivity index (χ4v) is 2.90. The van der Waals surface area contributed by atoms with Crippen LogP contribution in [0, 0.1) is 0 Å². The van der Waals surface area contributed by atoms with Crippen molar-refractivity contribution in [3.8, 4) is 0 Å². The summed E-state index contributed by atoms with van der Waals surface area (Å²) in [6, 6.07) is 17.8. The van der Waals surface area contributed by atoms with Crippen molar-refractivity contribution >= 4 is 34.5 Å².